The summed E-state index contributed by atoms with van der Waals surface area (Å²) in [6.45, 7) is 8.55. The van der Waals surface area contributed by atoms with Crippen LogP contribution in [-0.4, -0.2) is 35.8 Å². The number of carbonyl (C=O) groups is 1. The van der Waals surface area contributed by atoms with E-state index in [-0.39, 0.29) is 5.91 Å². The van der Waals surface area contributed by atoms with Crippen LogP contribution in [0, 0.1) is 13.8 Å². The zero-order valence-electron chi connectivity index (χ0n) is 14.5. The molecule has 0 bridgehead atoms. The average Bonchev–Trinajstić information content (AvgIpc) is 2.88. The molecule has 0 aliphatic rings. The van der Waals surface area contributed by atoms with Crippen LogP contribution in [0.1, 0.15) is 35.1 Å². The van der Waals surface area contributed by atoms with Crippen molar-refractivity contribution >= 4 is 11.6 Å². The van der Waals surface area contributed by atoms with E-state index in [1.165, 1.54) is 0 Å². The van der Waals surface area contributed by atoms with Crippen molar-refractivity contribution < 1.29 is 4.79 Å². The SMILES string of the molecule is CCN(C)c1ccc(C(=O)NCCCn2nc(C)cc2C)cc1. The quantitative estimate of drug-likeness (QED) is 0.800. The first kappa shape index (κ1) is 17.1. The number of carbonyl (C=O) groups excluding carboxylic acids is 1. The Labute approximate surface area is 138 Å². The van der Waals surface area contributed by atoms with E-state index in [2.05, 4.69) is 28.3 Å². The van der Waals surface area contributed by atoms with Gasteiger partial charge < -0.3 is 10.2 Å². The van der Waals surface area contributed by atoms with Crippen molar-refractivity contribution in [3.63, 3.8) is 0 Å². The molecular formula is C18H26N4O. The number of hydrogen-bond donors (Lipinski definition) is 1. The molecule has 0 fully saturated rings. The van der Waals surface area contributed by atoms with Crippen molar-refractivity contribution in [3.8, 4) is 0 Å². The van der Waals surface area contributed by atoms with E-state index in [9.17, 15) is 4.79 Å². The molecule has 1 N–H and O–H groups in total. The minimum Gasteiger partial charge on any atom is -0.375 e. The van der Waals surface area contributed by atoms with E-state index in [0.717, 1.165) is 36.6 Å². The van der Waals surface area contributed by atoms with Crippen molar-refractivity contribution in [1.82, 2.24) is 15.1 Å². The Morgan fingerprint density at radius 1 is 1.26 bits per heavy atom. The topological polar surface area (TPSA) is 50.2 Å². The molecule has 1 heterocycles. The highest BCUT2D eigenvalue weighted by Crippen LogP contribution is 2.13. The molecule has 0 unspecified atom stereocenters. The van der Waals surface area contributed by atoms with Crippen LogP contribution in [0.4, 0.5) is 5.69 Å². The molecule has 0 saturated heterocycles. The summed E-state index contributed by atoms with van der Waals surface area (Å²) in [6, 6.07) is 9.77. The van der Waals surface area contributed by atoms with Crippen molar-refractivity contribution in [1.29, 1.82) is 0 Å². The van der Waals surface area contributed by atoms with Crippen LogP contribution in [0.15, 0.2) is 30.3 Å². The third-order valence-corrected chi connectivity index (χ3v) is 3.98. The average molecular weight is 314 g/mol. The van der Waals surface area contributed by atoms with Crippen LogP contribution in [0.2, 0.25) is 0 Å². The minimum atomic E-state index is -0.0240. The molecule has 124 valence electrons. The fourth-order valence-corrected chi connectivity index (χ4v) is 2.48. The Hall–Kier alpha value is -2.30. The number of amides is 1. The number of nitrogens with zero attached hydrogens (tertiary/aromatic N) is 3. The summed E-state index contributed by atoms with van der Waals surface area (Å²) in [6.07, 6.45) is 0.865. The molecule has 0 radical (unpaired) electrons. The number of benzene rings is 1. The molecule has 5 heteroatoms. The summed E-state index contributed by atoms with van der Waals surface area (Å²) in [5.74, 6) is -0.0240. The van der Waals surface area contributed by atoms with Gasteiger partial charge in [0.2, 0.25) is 0 Å². The summed E-state index contributed by atoms with van der Waals surface area (Å²) in [4.78, 5) is 14.3. The zero-order chi connectivity index (χ0) is 16.8. The number of aryl methyl sites for hydroxylation is 3. The highest BCUT2D eigenvalue weighted by molar-refractivity contribution is 5.94. The predicted octanol–water partition coefficient (Wildman–Crippen LogP) is 2.78. The summed E-state index contributed by atoms with van der Waals surface area (Å²) in [5.41, 5.74) is 4.01. The predicted molar refractivity (Wildman–Crippen MR) is 94.0 cm³/mol. The maximum absolute atomic E-state index is 12.1. The van der Waals surface area contributed by atoms with E-state index in [1.54, 1.807) is 0 Å². The summed E-state index contributed by atoms with van der Waals surface area (Å²) in [5, 5.41) is 7.38. The maximum Gasteiger partial charge on any atom is 0.251 e. The summed E-state index contributed by atoms with van der Waals surface area (Å²) < 4.78 is 1.98. The van der Waals surface area contributed by atoms with Gasteiger partial charge in [0.15, 0.2) is 0 Å². The van der Waals surface area contributed by atoms with Crippen LogP contribution in [0.5, 0.6) is 0 Å². The van der Waals surface area contributed by atoms with Crippen LogP contribution >= 0.6 is 0 Å². The highest BCUT2D eigenvalue weighted by Gasteiger charge is 2.06. The molecule has 0 aliphatic heterocycles. The fourth-order valence-electron chi connectivity index (χ4n) is 2.48. The lowest BCUT2D eigenvalue weighted by Crippen LogP contribution is -2.25. The second-order valence-electron chi connectivity index (χ2n) is 5.82. The fraction of sp³-hybridized carbons (Fsp3) is 0.444. The Morgan fingerprint density at radius 2 is 1.96 bits per heavy atom. The van der Waals surface area contributed by atoms with Crippen molar-refractivity contribution in [2.45, 2.75) is 33.7 Å². The second-order valence-corrected chi connectivity index (χ2v) is 5.82. The Bertz CT molecular complexity index is 646. The molecule has 0 atom stereocenters. The minimum absolute atomic E-state index is 0.0240. The molecule has 1 aromatic heterocycles. The van der Waals surface area contributed by atoms with Crippen LogP contribution in [-0.2, 0) is 6.54 Å². The lowest BCUT2D eigenvalue weighted by molar-refractivity contribution is 0.0952. The number of anilines is 1. The Kier molecular flexibility index (Phi) is 5.79. The number of rotatable bonds is 7. The number of aromatic nitrogens is 2. The third-order valence-electron chi connectivity index (χ3n) is 3.98. The van der Waals surface area contributed by atoms with Gasteiger partial charge in [0.25, 0.3) is 5.91 Å². The lowest BCUT2D eigenvalue weighted by atomic mass is 10.2. The molecule has 1 amide bonds. The van der Waals surface area contributed by atoms with Gasteiger partial charge in [-0.1, -0.05) is 0 Å². The smallest absolute Gasteiger partial charge is 0.251 e. The molecule has 2 aromatic rings. The van der Waals surface area contributed by atoms with Gasteiger partial charge in [-0.2, -0.15) is 5.10 Å². The normalized spacial score (nSPS) is 10.6. The van der Waals surface area contributed by atoms with E-state index in [0.29, 0.717) is 12.1 Å². The third kappa shape index (κ3) is 4.58. The first-order valence-electron chi connectivity index (χ1n) is 8.11. The molecular weight excluding hydrogens is 288 g/mol. The largest absolute Gasteiger partial charge is 0.375 e. The first-order chi connectivity index (χ1) is 11.0. The molecule has 0 spiro atoms. The van der Waals surface area contributed by atoms with Gasteiger partial charge in [-0.3, -0.25) is 9.48 Å². The standard InChI is InChI=1S/C18H26N4O/c1-5-21(4)17-9-7-16(8-10-17)18(23)19-11-6-12-22-15(3)13-14(2)20-22/h7-10,13H,5-6,11-12H2,1-4H3,(H,19,23). The van der Waals surface area contributed by atoms with Gasteiger partial charge in [0.1, 0.15) is 0 Å². The molecule has 0 aliphatic carbocycles. The van der Waals surface area contributed by atoms with Gasteiger partial charge in [0, 0.05) is 43.6 Å². The van der Waals surface area contributed by atoms with Crippen molar-refractivity contribution in [2.75, 3.05) is 25.0 Å². The monoisotopic (exact) mass is 314 g/mol. The molecule has 5 nitrogen and oxygen atoms in total. The molecule has 1 aromatic carbocycles. The van der Waals surface area contributed by atoms with Crippen molar-refractivity contribution in [3.05, 3.63) is 47.3 Å². The van der Waals surface area contributed by atoms with E-state index < -0.39 is 0 Å². The summed E-state index contributed by atoms with van der Waals surface area (Å²) in [7, 11) is 2.04. The van der Waals surface area contributed by atoms with E-state index in [4.69, 9.17) is 0 Å². The summed E-state index contributed by atoms with van der Waals surface area (Å²) >= 11 is 0. The van der Waals surface area contributed by atoms with Gasteiger partial charge in [-0.05, 0) is 57.5 Å². The Morgan fingerprint density at radius 3 is 2.52 bits per heavy atom. The van der Waals surface area contributed by atoms with E-state index >= 15 is 0 Å². The van der Waals surface area contributed by atoms with Crippen LogP contribution in [0.25, 0.3) is 0 Å². The number of nitrogens with one attached hydrogen (secondary N) is 1. The van der Waals surface area contributed by atoms with E-state index in [1.807, 2.05) is 49.8 Å². The number of hydrogen-bond acceptors (Lipinski definition) is 3. The first-order valence-corrected chi connectivity index (χ1v) is 8.11. The van der Waals surface area contributed by atoms with Crippen LogP contribution < -0.4 is 10.2 Å². The highest BCUT2D eigenvalue weighted by atomic mass is 16.1. The molecule has 23 heavy (non-hydrogen) atoms. The molecule has 0 saturated carbocycles. The molecule has 2 rings (SSSR count). The van der Waals surface area contributed by atoms with Gasteiger partial charge in [0.05, 0.1) is 5.69 Å². The lowest BCUT2D eigenvalue weighted by Gasteiger charge is -2.16. The van der Waals surface area contributed by atoms with Crippen molar-refractivity contribution in [2.24, 2.45) is 0 Å². The second kappa shape index (κ2) is 7.81. The Balaban J connectivity index is 1.79. The van der Waals surface area contributed by atoms with Gasteiger partial charge in [-0.15, -0.1) is 0 Å². The zero-order valence-corrected chi connectivity index (χ0v) is 14.5. The van der Waals surface area contributed by atoms with Gasteiger partial charge >= 0.3 is 0 Å². The van der Waals surface area contributed by atoms with Crippen LogP contribution in [0.3, 0.4) is 0 Å². The maximum atomic E-state index is 12.1. The van der Waals surface area contributed by atoms with Gasteiger partial charge in [-0.25, -0.2) is 0 Å².